The van der Waals surface area contributed by atoms with Crippen LogP contribution in [0.15, 0.2) is 30.5 Å². The van der Waals surface area contributed by atoms with E-state index in [0.717, 1.165) is 35.4 Å². The van der Waals surface area contributed by atoms with Crippen LogP contribution in [0.5, 0.6) is 0 Å². The van der Waals surface area contributed by atoms with Crippen molar-refractivity contribution in [3.05, 3.63) is 30.5 Å². The maximum Gasteiger partial charge on any atom is 0.257 e. The standard InChI is InChI=1S/C17H23N3O2S/c1-19(2)8-9-20-7-5-13-3-4-14(11-15(13)20)18-16(21)17(22)6-10-23-12-17/h3-5,7,11,22H,6,8-10,12H2,1-2H3,(H,18,21). The van der Waals surface area contributed by atoms with Gasteiger partial charge in [0.15, 0.2) is 5.60 Å². The number of aromatic nitrogens is 1. The first-order valence-corrected chi connectivity index (χ1v) is 8.99. The molecule has 1 atom stereocenters. The van der Waals surface area contributed by atoms with Gasteiger partial charge in [-0.05, 0) is 49.9 Å². The predicted molar refractivity (Wildman–Crippen MR) is 96.0 cm³/mol. The van der Waals surface area contributed by atoms with Gasteiger partial charge in [-0.1, -0.05) is 6.07 Å². The molecule has 2 heterocycles. The summed E-state index contributed by atoms with van der Waals surface area (Å²) >= 11 is 1.62. The molecule has 23 heavy (non-hydrogen) atoms. The molecule has 0 bridgehead atoms. The molecule has 1 fully saturated rings. The van der Waals surface area contributed by atoms with Crippen molar-refractivity contribution in [2.45, 2.75) is 18.6 Å². The molecule has 1 aliphatic heterocycles. The van der Waals surface area contributed by atoms with Crippen molar-refractivity contribution < 1.29 is 9.90 Å². The zero-order valence-electron chi connectivity index (χ0n) is 13.6. The van der Waals surface area contributed by atoms with Crippen LogP contribution in [0.2, 0.25) is 0 Å². The number of fused-ring (bicyclic) bond motifs is 1. The summed E-state index contributed by atoms with van der Waals surface area (Å²) in [7, 11) is 4.11. The molecule has 0 saturated carbocycles. The SMILES string of the molecule is CN(C)CCn1ccc2ccc(NC(=O)C3(O)CCSC3)cc21. The molecule has 6 heteroatoms. The van der Waals surface area contributed by atoms with Crippen molar-refractivity contribution in [2.24, 2.45) is 0 Å². The highest BCUT2D eigenvalue weighted by molar-refractivity contribution is 7.99. The first-order valence-electron chi connectivity index (χ1n) is 7.83. The normalized spacial score (nSPS) is 21.2. The highest BCUT2D eigenvalue weighted by Gasteiger charge is 2.39. The third-order valence-corrected chi connectivity index (χ3v) is 5.42. The van der Waals surface area contributed by atoms with E-state index in [1.54, 1.807) is 11.8 Å². The number of likely N-dealkylation sites (N-methyl/N-ethyl adjacent to an activating group) is 1. The smallest absolute Gasteiger partial charge is 0.257 e. The lowest BCUT2D eigenvalue weighted by Crippen LogP contribution is -2.42. The number of thioether (sulfide) groups is 1. The molecule has 1 aromatic carbocycles. The molecule has 1 aliphatic rings. The van der Waals surface area contributed by atoms with Gasteiger partial charge in [-0.3, -0.25) is 4.79 Å². The highest BCUT2D eigenvalue weighted by atomic mass is 32.2. The third kappa shape index (κ3) is 3.54. The molecule has 124 valence electrons. The number of anilines is 1. The van der Waals surface area contributed by atoms with E-state index in [-0.39, 0.29) is 5.91 Å². The summed E-state index contributed by atoms with van der Waals surface area (Å²) in [5.74, 6) is 1.00. The molecule has 1 unspecified atom stereocenters. The van der Waals surface area contributed by atoms with Crippen LogP contribution in [-0.4, -0.2) is 58.2 Å². The highest BCUT2D eigenvalue weighted by Crippen LogP contribution is 2.29. The number of hydrogen-bond donors (Lipinski definition) is 2. The van der Waals surface area contributed by atoms with Gasteiger partial charge >= 0.3 is 0 Å². The van der Waals surface area contributed by atoms with Gasteiger partial charge in [-0.2, -0.15) is 11.8 Å². The Morgan fingerprint density at radius 3 is 2.96 bits per heavy atom. The Labute approximate surface area is 140 Å². The molecule has 5 nitrogen and oxygen atoms in total. The van der Waals surface area contributed by atoms with Crippen LogP contribution in [0.1, 0.15) is 6.42 Å². The van der Waals surface area contributed by atoms with E-state index in [1.807, 2.05) is 18.2 Å². The van der Waals surface area contributed by atoms with Crippen molar-refractivity contribution in [3.8, 4) is 0 Å². The molecule has 2 aromatic rings. The summed E-state index contributed by atoms with van der Waals surface area (Å²) in [6.45, 7) is 1.85. The molecule has 1 saturated heterocycles. The number of rotatable bonds is 5. The van der Waals surface area contributed by atoms with Crippen molar-refractivity contribution in [1.82, 2.24) is 9.47 Å². The van der Waals surface area contributed by atoms with Crippen molar-refractivity contribution in [2.75, 3.05) is 37.5 Å². The lowest BCUT2D eigenvalue weighted by molar-refractivity contribution is -0.131. The number of hydrogen-bond acceptors (Lipinski definition) is 4. The number of carbonyl (C=O) groups is 1. The van der Waals surface area contributed by atoms with E-state index < -0.39 is 5.60 Å². The van der Waals surface area contributed by atoms with E-state index in [0.29, 0.717) is 12.2 Å². The Kier molecular flexibility index (Phi) is 4.66. The summed E-state index contributed by atoms with van der Waals surface area (Å²) < 4.78 is 2.19. The van der Waals surface area contributed by atoms with Crippen LogP contribution < -0.4 is 5.32 Å². The van der Waals surface area contributed by atoms with Crippen LogP contribution in [0.3, 0.4) is 0 Å². The van der Waals surface area contributed by atoms with Crippen LogP contribution in [0, 0.1) is 0 Å². The molecule has 1 aromatic heterocycles. The van der Waals surface area contributed by atoms with Gasteiger partial charge in [0.1, 0.15) is 0 Å². The fourth-order valence-corrected chi connectivity index (χ4v) is 3.98. The molecular formula is C17H23N3O2S. The van der Waals surface area contributed by atoms with E-state index in [4.69, 9.17) is 0 Å². The molecule has 0 aliphatic carbocycles. The first-order chi connectivity index (χ1) is 11.0. The van der Waals surface area contributed by atoms with Crippen LogP contribution >= 0.6 is 11.8 Å². The molecule has 3 rings (SSSR count). The Hall–Kier alpha value is -1.50. The van der Waals surface area contributed by atoms with Gasteiger partial charge < -0.3 is 19.9 Å². The van der Waals surface area contributed by atoms with Gasteiger partial charge in [0.2, 0.25) is 0 Å². The lowest BCUT2D eigenvalue weighted by Gasteiger charge is -2.20. The zero-order chi connectivity index (χ0) is 16.4. The molecule has 0 spiro atoms. The second kappa shape index (κ2) is 6.55. The predicted octanol–water partition coefficient (Wildman–Crippen LogP) is 2.01. The molecule has 2 N–H and O–H groups in total. The minimum atomic E-state index is -1.23. The molecular weight excluding hydrogens is 310 g/mol. The van der Waals surface area contributed by atoms with Crippen molar-refractivity contribution in [3.63, 3.8) is 0 Å². The minimum Gasteiger partial charge on any atom is -0.379 e. The third-order valence-electron chi connectivity index (χ3n) is 4.24. The number of nitrogens with zero attached hydrogens (tertiary/aromatic N) is 2. The fraction of sp³-hybridized carbons (Fsp3) is 0.471. The van der Waals surface area contributed by atoms with Crippen molar-refractivity contribution in [1.29, 1.82) is 0 Å². The van der Waals surface area contributed by atoms with E-state index in [9.17, 15) is 9.90 Å². The van der Waals surface area contributed by atoms with E-state index >= 15 is 0 Å². The number of carbonyl (C=O) groups excluding carboxylic acids is 1. The Morgan fingerprint density at radius 1 is 1.43 bits per heavy atom. The Bertz CT molecular complexity index is 705. The largest absolute Gasteiger partial charge is 0.379 e. The summed E-state index contributed by atoms with van der Waals surface area (Å²) in [5.41, 5.74) is 0.599. The van der Waals surface area contributed by atoms with Crippen LogP contribution in [-0.2, 0) is 11.3 Å². The van der Waals surface area contributed by atoms with Crippen LogP contribution in [0.25, 0.3) is 10.9 Å². The quantitative estimate of drug-likeness (QED) is 0.879. The average molecular weight is 333 g/mol. The Morgan fingerprint density at radius 2 is 2.26 bits per heavy atom. The summed E-state index contributed by atoms with van der Waals surface area (Å²) in [6.07, 6.45) is 2.59. The molecule has 1 amide bonds. The van der Waals surface area contributed by atoms with Gasteiger partial charge in [-0.25, -0.2) is 0 Å². The van der Waals surface area contributed by atoms with Gasteiger partial charge in [0.25, 0.3) is 5.91 Å². The number of nitrogens with one attached hydrogen (secondary N) is 1. The summed E-state index contributed by atoms with van der Waals surface area (Å²) in [4.78, 5) is 14.5. The maximum atomic E-state index is 12.3. The lowest BCUT2D eigenvalue weighted by atomic mass is 10.0. The van der Waals surface area contributed by atoms with E-state index in [1.165, 1.54) is 0 Å². The Balaban J connectivity index is 1.79. The summed E-state index contributed by atoms with van der Waals surface area (Å²) in [6, 6.07) is 7.96. The maximum absolute atomic E-state index is 12.3. The van der Waals surface area contributed by atoms with Gasteiger partial charge in [-0.15, -0.1) is 0 Å². The number of amides is 1. The number of aliphatic hydroxyl groups is 1. The second-order valence-electron chi connectivity index (χ2n) is 6.37. The zero-order valence-corrected chi connectivity index (χ0v) is 14.4. The second-order valence-corrected chi connectivity index (χ2v) is 7.48. The van der Waals surface area contributed by atoms with Gasteiger partial charge in [0, 0.05) is 30.7 Å². The van der Waals surface area contributed by atoms with Crippen molar-refractivity contribution >= 4 is 34.3 Å². The van der Waals surface area contributed by atoms with E-state index in [2.05, 4.69) is 41.1 Å². The fourth-order valence-electron chi connectivity index (χ4n) is 2.75. The average Bonchev–Trinajstić information content (AvgIpc) is 3.12. The topological polar surface area (TPSA) is 57.5 Å². The monoisotopic (exact) mass is 333 g/mol. The molecule has 0 radical (unpaired) electrons. The number of benzene rings is 1. The van der Waals surface area contributed by atoms with Gasteiger partial charge in [0.05, 0.1) is 5.52 Å². The minimum absolute atomic E-state index is 0.298. The first kappa shape index (κ1) is 16.4. The summed E-state index contributed by atoms with van der Waals surface area (Å²) in [5, 5.41) is 14.4. The van der Waals surface area contributed by atoms with Crippen LogP contribution in [0.4, 0.5) is 5.69 Å².